The van der Waals surface area contributed by atoms with Crippen LogP contribution in [0.5, 0.6) is 0 Å². The lowest BCUT2D eigenvalue weighted by atomic mass is 10.2. The normalized spacial score (nSPS) is 11.3. The molecule has 96 valence electrons. The average molecular weight is 258 g/mol. The van der Waals surface area contributed by atoms with Gasteiger partial charge < -0.3 is 4.74 Å². The largest absolute Gasteiger partial charge is 0.364 e. The van der Waals surface area contributed by atoms with Crippen LogP contribution in [0.25, 0.3) is 0 Å². The summed E-state index contributed by atoms with van der Waals surface area (Å²) in [5.41, 5.74) is 1.19. The number of hydrogen-bond acceptors (Lipinski definition) is 1. The summed E-state index contributed by atoms with van der Waals surface area (Å²) in [7, 11) is -0.963. The molecule has 0 aliphatic rings. The Balaban J connectivity index is 2.15. The van der Waals surface area contributed by atoms with Gasteiger partial charge in [0, 0.05) is 8.07 Å². The Hall–Kier alpha value is -1.30. The molecule has 0 atom stereocenters. The fraction of sp³-hybridized carbons (Fsp3) is 0.375. The first-order valence-corrected chi connectivity index (χ1v) is 10.0. The van der Waals surface area contributed by atoms with Crippen LogP contribution >= 0.6 is 0 Å². The van der Waals surface area contributed by atoms with Gasteiger partial charge in [-0.1, -0.05) is 67.9 Å². The zero-order valence-corrected chi connectivity index (χ0v) is 12.6. The van der Waals surface area contributed by atoms with Crippen LogP contribution in [0.2, 0.25) is 25.7 Å². The van der Waals surface area contributed by atoms with E-state index in [9.17, 15) is 0 Å². The van der Waals surface area contributed by atoms with Crippen LogP contribution in [-0.2, 0) is 11.3 Å². The molecule has 0 aliphatic heterocycles. The molecule has 0 saturated carbocycles. The maximum atomic E-state index is 5.47. The first-order chi connectivity index (χ1) is 8.58. The van der Waals surface area contributed by atoms with E-state index in [4.69, 9.17) is 4.74 Å². The highest BCUT2D eigenvalue weighted by molar-refractivity contribution is 6.76. The molecule has 0 N–H and O–H groups in total. The van der Waals surface area contributed by atoms with Crippen LogP contribution in [0, 0.1) is 11.8 Å². The quantitative estimate of drug-likeness (QED) is 0.439. The van der Waals surface area contributed by atoms with E-state index >= 15 is 0 Å². The predicted octanol–water partition coefficient (Wildman–Crippen LogP) is 4.10. The molecule has 0 unspecified atom stereocenters. The molecular formula is C16H22OSi. The Morgan fingerprint density at radius 3 is 2.56 bits per heavy atom. The van der Waals surface area contributed by atoms with Crippen LogP contribution in [-0.4, -0.2) is 14.7 Å². The van der Waals surface area contributed by atoms with Gasteiger partial charge in [0.25, 0.3) is 0 Å². The molecule has 0 radical (unpaired) electrons. The topological polar surface area (TPSA) is 9.23 Å². The molecule has 0 saturated heterocycles. The summed E-state index contributed by atoms with van der Waals surface area (Å²) in [4.78, 5) is 0. The third-order valence-corrected chi connectivity index (χ3v) is 3.78. The predicted molar refractivity (Wildman–Crippen MR) is 81.2 cm³/mol. The van der Waals surface area contributed by atoms with Crippen molar-refractivity contribution in [3.63, 3.8) is 0 Å². The van der Waals surface area contributed by atoms with Gasteiger partial charge in [-0.2, -0.15) is 0 Å². The Bertz CT molecular complexity index is 418. The molecule has 2 heteroatoms. The molecule has 0 heterocycles. The lowest BCUT2D eigenvalue weighted by Crippen LogP contribution is -2.17. The highest BCUT2D eigenvalue weighted by Crippen LogP contribution is 2.07. The molecule has 0 aromatic heterocycles. The van der Waals surface area contributed by atoms with Crippen molar-refractivity contribution < 1.29 is 4.74 Å². The molecule has 1 aromatic carbocycles. The molecule has 1 nitrogen and oxygen atoms in total. The van der Waals surface area contributed by atoms with Crippen LogP contribution in [0.1, 0.15) is 5.56 Å². The van der Waals surface area contributed by atoms with E-state index in [0.717, 1.165) is 0 Å². The fourth-order valence-corrected chi connectivity index (χ4v) is 2.19. The first kappa shape index (κ1) is 14.8. The van der Waals surface area contributed by atoms with Crippen molar-refractivity contribution in [2.45, 2.75) is 32.3 Å². The van der Waals surface area contributed by atoms with Crippen LogP contribution in [0.15, 0.2) is 42.5 Å². The van der Waals surface area contributed by atoms with E-state index in [2.05, 4.69) is 49.7 Å². The zero-order valence-electron chi connectivity index (χ0n) is 11.6. The number of hydrogen-bond donors (Lipinski definition) is 0. The lowest BCUT2D eigenvalue weighted by molar-refractivity contribution is 0.153. The molecule has 1 aromatic rings. The number of ether oxygens (including phenoxy) is 1. The lowest BCUT2D eigenvalue weighted by Gasteiger charge is -2.10. The van der Waals surface area contributed by atoms with Crippen molar-refractivity contribution in [1.29, 1.82) is 0 Å². The molecule has 0 bridgehead atoms. The van der Waals surface area contributed by atoms with Gasteiger partial charge in [0.1, 0.15) is 6.61 Å². The highest BCUT2D eigenvalue weighted by atomic mass is 28.3. The Kier molecular flexibility index (Phi) is 6.49. The maximum absolute atomic E-state index is 5.47. The maximum Gasteiger partial charge on any atom is 0.108 e. The van der Waals surface area contributed by atoms with Crippen molar-refractivity contribution >= 4 is 8.07 Å². The van der Waals surface area contributed by atoms with E-state index in [1.54, 1.807) is 0 Å². The Morgan fingerprint density at radius 2 is 1.89 bits per heavy atom. The molecule has 0 fully saturated rings. The molecule has 1 rings (SSSR count). The van der Waals surface area contributed by atoms with Gasteiger partial charge in [-0.05, 0) is 17.7 Å². The van der Waals surface area contributed by atoms with Crippen molar-refractivity contribution in [3.05, 3.63) is 48.0 Å². The first-order valence-electron chi connectivity index (χ1n) is 6.33. The number of allylic oxidation sites excluding steroid dienone is 2. The van der Waals surface area contributed by atoms with Gasteiger partial charge in [0.2, 0.25) is 0 Å². The van der Waals surface area contributed by atoms with Crippen molar-refractivity contribution in [2.75, 3.05) is 6.61 Å². The van der Waals surface area contributed by atoms with Crippen LogP contribution in [0.3, 0.4) is 0 Å². The number of rotatable bonds is 5. The van der Waals surface area contributed by atoms with E-state index in [1.807, 2.05) is 24.3 Å². The van der Waals surface area contributed by atoms with Crippen LogP contribution < -0.4 is 0 Å². The van der Waals surface area contributed by atoms with E-state index in [0.29, 0.717) is 13.2 Å². The standard InChI is InChI=1S/C16H22OSi/c1-18(2,3)14-10-5-4-9-13-17-15-16-11-7-6-8-12-16/h5-8,10-12H,13-15H2,1-3H3/b10-5-. The molecule has 0 aliphatic carbocycles. The summed E-state index contributed by atoms with van der Waals surface area (Å²) in [6.07, 6.45) is 4.13. The second-order valence-electron chi connectivity index (χ2n) is 5.47. The van der Waals surface area contributed by atoms with E-state index in [1.165, 1.54) is 11.6 Å². The van der Waals surface area contributed by atoms with Gasteiger partial charge in [-0.25, -0.2) is 0 Å². The van der Waals surface area contributed by atoms with Gasteiger partial charge in [-0.15, -0.1) is 0 Å². The minimum Gasteiger partial charge on any atom is -0.364 e. The Labute approximate surface area is 112 Å². The van der Waals surface area contributed by atoms with Gasteiger partial charge >= 0.3 is 0 Å². The van der Waals surface area contributed by atoms with Crippen LogP contribution in [0.4, 0.5) is 0 Å². The average Bonchev–Trinajstić information content (AvgIpc) is 2.32. The van der Waals surface area contributed by atoms with Crippen molar-refractivity contribution in [1.82, 2.24) is 0 Å². The summed E-state index contributed by atoms with van der Waals surface area (Å²) in [6, 6.07) is 11.3. The van der Waals surface area contributed by atoms with Gasteiger partial charge in [0.15, 0.2) is 0 Å². The minimum atomic E-state index is -0.963. The second-order valence-corrected chi connectivity index (χ2v) is 11.0. The number of benzene rings is 1. The zero-order chi connectivity index (χ0) is 13.3. The third-order valence-electron chi connectivity index (χ3n) is 2.32. The molecular weight excluding hydrogens is 236 g/mol. The highest BCUT2D eigenvalue weighted by Gasteiger charge is 2.08. The molecule has 0 spiro atoms. The van der Waals surface area contributed by atoms with Gasteiger partial charge in [-0.3, -0.25) is 0 Å². The summed E-state index contributed by atoms with van der Waals surface area (Å²) in [6.45, 7) is 8.19. The van der Waals surface area contributed by atoms with E-state index < -0.39 is 8.07 Å². The smallest absolute Gasteiger partial charge is 0.108 e. The summed E-state index contributed by atoms with van der Waals surface area (Å²) in [5.74, 6) is 6.01. The van der Waals surface area contributed by atoms with Crippen molar-refractivity contribution in [2.24, 2.45) is 0 Å². The van der Waals surface area contributed by atoms with E-state index in [-0.39, 0.29) is 0 Å². The molecule has 0 amide bonds. The minimum absolute atomic E-state index is 0.492. The summed E-state index contributed by atoms with van der Waals surface area (Å²) in [5, 5.41) is 0. The second kappa shape index (κ2) is 7.92. The Morgan fingerprint density at radius 1 is 1.17 bits per heavy atom. The van der Waals surface area contributed by atoms with Crippen molar-refractivity contribution in [3.8, 4) is 11.8 Å². The summed E-state index contributed by atoms with van der Waals surface area (Å²) >= 11 is 0. The SMILES string of the molecule is C[Si](C)(C)C/C=C\C#CCOCc1ccccc1. The summed E-state index contributed by atoms with van der Waals surface area (Å²) < 4.78 is 5.47. The molecule has 18 heavy (non-hydrogen) atoms. The van der Waals surface area contributed by atoms with Gasteiger partial charge in [0.05, 0.1) is 6.61 Å². The third kappa shape index (κ3) is 7.89. The monoisotopic (exact) mass is 258 g/mol. The fourth-order valence-electron chi connectivity index (χ4n) is 1.37.